The van der Waals surface area contributed by atoms with Crippen LogP contribution >= 0.6 is 27.3 Å². The summed E-state index contributed by atoms with van der Waals surface area (Å²) in [6, 6.07) is 15.5. The van der Waals surface area contributed by atoms with Crippen molar-refractivity contribution in [2.45, 2.75) is 6.92 Å². The van der Waals surface area contributed by atoms with Crippen molar-refractivity contribution < 1.29 is 4.79 Å². The van der Waals surface area contributed by atoms with Gasteiger partial charge in [-0.25, -0.2) is 4.98 Å². The molecule has 2 aromatic carbocycles. The van der Waals surface area contributed by atoms with Crippen molar-refractivity contribution in [3.63, 3.8) is 0 Å². The fourth-order valence-corrected chi connectivity index (χ4v) is 3.12. The molecule has 0 radical (unpaired) electrons. The Morgan fingerprint density at radius 3 is 2.64 bits per heavy atom. The second-order valence-corrected chi connectivity index (χ2v) is 6.52. The lowest BCUT2D eigenvalue weighted by molar-refractivity contribution is -0.116. The first-order valence-corrected chi connectivity index (χ1v) is 8.20. The van der Waals surface area contributed by atoms with Crippen LogP contribution in [0.15, 0.2) is 58.1 Å². The molecule has 0 fully saturated rings. The topological polar surface area (TPSA) is 45.6 Å². The van der Waals surface area contributed by atoms with Gasteiger partial charge in [-0.15, -0.1) is 0 Å². The minimum atomic E-state index is -0.174. The highest BCUT2D eigenvalue weighted by Gasteiger charge is 2.15. The summed E-state index contributed by atoms with van der Waals surface area (Å²) >= 11 is 4.83. The Labute approximate surface area is 140 Å². The predicted octanol–water partition coefficient (Wildman–Crippen LogP) is 4.45. The van der Waals surface area contributed by atoms with Crippen molar-refractivity contribution in [2.75, 3.05) is 5.01 Å². The third kappa shape index (κ3) is 3.23. The Bertz CT molecular complexity index is 809. The average Bonchev–Trinajstić information content (AvgIpc) is 2.92. The molecule has 0 saturated heterocycles. The summed E-state index contributed by atoms with van der Waals surface area (Å²) in [7, 11) is 0. The number of nitrogens with zero attached hydrogens (tertiary/aromatic N) is 3. The molecule has 0 atom stereocenters. The summed E-state index contributed by atoms with van der Waals surface area (Å²) in [5.41, 5.74) is 1.78. The van der Waals surface area contributed by atoms with E-state index in [1.807, 2.05) is 48.5 Å². The van der Waals surface area contributed by atoms with Gasteiger partial charge < -0.3 is 0 Å². The van der Waals surface area contributed by atoms with Crippen molar-refractivity contribution in [1.29, 1.82) is 0 Å². The van der Waals surface area contributed by atoms with E-state index in [2.05, 4.69) is 26.0 Å². The van der Waals surface area contributed by atoms with Crippen LogP contribution < -0.4 is 5.01 Å². The van der Waals surface area contributed by atoms with Crippen molar-refractivity contribution in [2.24, 2.45) is 5.10 Å². The zero-order valence-corrected chi connectivity index (χ0v) is 14.1. The van der Waals surface area contributed by atoms with Crippen LogP contribution in [0.25, 0.3) is 10.2 Å². The maximum Gasteiger partial charge on any atom is 0.246 e. The van der Waals surface area contributed by atoms with Crippen LogP contribution in [-0.2, 0) is 4.79 Å². The van der Waals surface area contributed by atoms with Crippen molar-refractivity contribution >= 4 is 54.7 Å². The fourth-order valence-electron chi connectivity index (χ4n) is 1.89. The molecule has 3 rings (SSSR count). The van der Waals surface area contributed by atoms with Gasteiger partial charge in [0, 0.05) is 11.4 Å². The Hall–Kier alpha value is -2.05. The Morgan fingerprint density at radius 2 is 1.95 bits per heavy atom. The number of hydrazone groups is 1. The van der Waals surface area contributed by atoms with E-state index in [0.29, 0.717) is 5.13 Å². The Morgan fingerprint density at radius 1 is 1.23 bits per heavy atom. The van der Waals surface area contributed by atoms with E-state index in [1.54, 1.807) is 6.21 Å². The highest BCUT2D eigenvalue weighted by molar-refractivity contribution is 9.10. The molecule has 6 heteroatoms. The molecule has 1 heterocycles. The van der Waals surface area contributed by atoms with Crippen LogP contribution in [0.4, 0.5) is 5.13 Å². The largest absolute Gasteiger partial charge is 0.273 e. The van der Waals surface area contributed by atoms with Gasteiger partial charge in [0.1, 0.15) is 0 Å². The smallest absolute Gasteiger partial charge is 0.246 e. The number of aromatic nitrogens is 1. The van der Waals surface area contributed by atoms with Gasteiger partial charge in [0.2, 0.25) is 11.0 Å². The monoisotopic (exact) mass is 373 g/mol. The molecule has 22 heavy (non-hydrogen) atoms. The highest BCUT2D eigenvalue weighted by Crippen LogP contribution is 2.28. The quantitative estimate of drug-likeness (QED) is 0.502. The highest BCUT2D eigenvalue weighted by atomic mass is 79.9. The van der Waals surface area contributed by atoms with E-state index < -0.39 is 0 Å². The zero-order chi connectivity index (χ0) is 15.5. The lowest BCUT2D eigenvalue weighted by atomic mass is 10.2. The molecule has 0 bridgehead atoms. The van der Waals surface area contributed by atoms with Crippen LogP contribution in [0.2, 0.25) is 0 Å². The summed E-state index contributed by atoms with van der Waals surface area (Å²) in [5.74, 6) is -0.174. The number of benzene rings is 2. The summed E-state index contributed by atoms with van der Waals surface area (Å²) in [5, 5.41) is 6.18. The number of thiazole rings is 1. The van der Waals surface area contributed by atoms with Gasteiger partial charge in [0.05, 0.1) is 16.4 Å². The first-order chi connectivity index (χ1) is 10.6. The Kier molecular flexibility index (Phi) is 4.31. The molecule has 0 unspecified atom stereocenters. The number of halogens is 1. The van der Waals surface area contributed by atoms with Crippen molar-refractivity contribution in [3.05, 3.63) is 58.6 Å². The van der Waals surface area contributed by atoms with Gasteiger partial charge >= 0.3 is 0 Å². The fraction of sp³-hybridized carbons (Fsp3) is 0.0625. The number of hydrogen-bond acceptors (Lipinski definition) is 4. The van der Waals surface area contributed by atoms with E-state index in [9.17, 15) is 4.79 Å². The maximum absolute atomic E-state index is 11.9. The van der Waals surface area contributed by atoms with Gasteiger partial charge in [-0.05, 0) is 29.8 Å². The number of anilines is 1. The number of carbonyl (C=O) groups is 1. The summed E-state index contributed by atoms with van der Waals surface area (Å²) in [6.45, 7) is 1.48. The molecule has 0 spiro atoms. The van der Waals surface area contributed by atoms with E-state index >= 15 is 0 Å². The van der Waals surface area contributed by atoms with Crippen LogP contribution in [0.1, 0.15) is 12.5 Å². The molecule has 0 aliphatic rings. The molecule has 110 valence electrons. The van der Waals surface area contributed by atoms with E-state index in [1.165, 1.54) is 23.3 Å². The lowest BCUT2D eigenvalue weighted by Crippen LogP contribution is -2.22. The number of para-hydroxylation sites is 1. The first kappa shape index (κ1) is 14.9. The molecular formula is C16H12BrN3OS. The van der Waals surface area contributed by atoms with Gasteiger partial charge in [-0.1, -0.05) is 51.5 Å². The minimum Gasteiger partial charge on any atom is -0.273 e. The van der Waals surface area contributed by atoms with E-state index in [4.69, 9.17) is 0 Å². The average molecular weight is 374 g/mol. The van der Waals surface area contributed by atoms with Gasteiger partial charge in [-0.2, -0.15) is 10.1 Å². The number of hydrogen-bond donors (Lipinski definition) is 0. The number of carbonyl (C=O) groups excluding carboxylic acids is 1. The van der Waals surface area contributed by atoms with Crippen LogP contribution in [0.5, 0.6) is 0 Å². The molecule has 1 aromatic heterocycles. The van der Waals surface area contributed by atoms with Crippen LogP contribution in [-0.4, -0.2) is 17.1 Å². The van der Waals surface area contributed by atoms with Crippen molar-refractivity contribution in [1.82, 2.24) is 4.98 Å². The summed E-state index contributed by atoms with van der Waals surface area (Å²) < 4.78 is 2.03. The third-order valence-corrected chi connectivity index (χ3v) is 4.49. The van der Waals surface area contributed by atoms with Crippen molar-refractivity contribution in [3.8, 4) is 0 Å². The molecule has 3 aromatic rings. The second-order valence-electron chi connectivity index (χ2n) is 4.59. The number of fused-ring (bicyclic) bond motifs is 1. The molecule has 0 aliphatic heterocycles. The Balaban J connectivity index is 1.92. The predicted molar refractivity (Wildman–Crippen MR) is 94.5 cm³/mol. The number of amides is 1. The number of rotatable bonds is 3. The molecule has 4 nitrogen and oxygen atoms in total. The minimum absolute atomic E-state index is 0.174. The second kappa shape index (κ2) is 6.37. The molecule has 0 saturated carbocycles. The van der Waals surface area contributed by atoms with Crippen LogP contribution in [0.3, 0.4) is 0 Å². The molecule has 0 aliphatic carbocycles. The van der Waals surface area contributed by atoms with E-state index in [0.717, 1.165) is 20.3 Å². The molecule has 1 amide bonds. The lowest BCUT2D eigenvalue weighted by Gasteiger charge is -2.10. The first-order valence-electron chi connectivity index (χ1n) is 6.59. The van der Waals surface area contributed by atoms with Gasteiger partial charge in [0.25, 0.3) is 0 Å². The molecule has 0 N–H and O–H groups in total. The zero-order valence-electron chi connectivity index (χ0n) is 11.7. The maximum atomic E-state index is 11.9. The van der Waals surface area contributed by atoms with E-state index in [-0.39, 0.29) is 5.91 Å². The standard InChI is InChI=1S/C16H12BrN3OS/c1-11(21)20(18-10-12-6-8-13(17)9-7-12)16-19-14-4-2-3-5-15(14)22-16/h2-10H,1H3. The third-order valence-electron chi connectivity index (χ3n) is 2.95. The van der Waals surface area contributed by atoms with Crippen LogP contribution in [0, 0.1) is 0 Å². The summed E-state index contributed by atoms with van der Waals surface area (Å²) in [4.78, 5) is 16.3. The SMILES string of the molecule is CC(=O)N(N=Cc1ccc(Br)cc1)c1nc2ccccc2s1. The summed E-state index contributed by atoms with van der Waals surface area (Å²) in [6.07, 6.45) is 1.65. The normalized spacial score (nSPS) is 11.2. The molecular weight excluding hydrogens is 362 g/mol. The van der Waals surface area contributed by atoms with Gasteiger partial charge in [-0.3, -0.25) is 4.79 Å². The van der Waals surface area contributed by atoms with Gasteiger partial charge in [0.15, 0.2) is 0 Å².